The van der Waals surface area contributed by atoms with Crippen LogP contribution in [0.3, 0.4) is 0 Å². The fourth-order valence-electron chi connectivity index (χ4n) is 8.36. The van der Waals surface area contributed by atoms with Gasteiger partial charge in [-0.1, -0.05) is 185 Å². The fraction of sp³-hybridized carbons (Fsp3) is 1.00. The predicted molar refractivity (Wildman–Crippen MR) is 237 cm³/mol. The number of rotatable bonds is 37. The first-order valence-electron chi connectivity index (χ1n) is 24.2. The van der Waals surface area contributed by atoms with Gasteiger partial charge in [0.15, 0.2) is 6.29 Å². The van der Waals surface area contributed by atoms with E-state index >= 15 is 0 Å². The van der Waals surface area contributed by atoms with Gasteiger partial charge >= 0.3 is 0 Å². The Morgan fingerprint density at radius 3 is 1.19 bits per heavy atom. The largest absolute Gasteiger partial charge is 0.394 e. The molecule has 0 amide bonds. The van der Waals surface area contributed by atoms with Crippen molar-refractivity contribution in [2.75, 3.05) is 33.0 Å². The van der Waals surface area contributed by atoms with Gasteiger partial charge in [-0.25, -0.2) is 0 Å². The topological polar surface area (TPSA) is 118 Å². The van der Waals surface area contributed by atoms with Gasteiger partial charge in [-0.3, -0.25) is 0 Å². The monoisotopic (exact) mass is 815 g/mol. The van der Waals surface area contributed by atoms with Gasteiger partial charge in [0.2, 0.25) is 0 Å². The van der Waals surface area contributed by atoms with Crippen LogP contribution in [0, 0.1) is 47.3 Å². The van der Waals surface area contributed by atoms with Crippen LogP contribution in [-0.4, -0.2) is 90.3 Å². The van der Waals surface area contributed by atoms with Crippen molar-refractivity contribution in [3.05, 3.63) is 0 Å². The van der Waals surface area contributed by atoms with Gasteiger partial charge < -0.3 is 39.4 Å². The lowest BCUT2D eigenvalue weighted by Gasteiger charge is -2.40. The first-order chi connectivity index (χ1) is 27.1. The average Bonchev–Trinajstić information content (AvgIpc) is 3.14. The predicted octanol–water partition coefficient (Wildman–Crippen LogP) is 11.1. The van der Waals surface area contributed by atoms with Crippen molar-refractivity contribution in [2.45, 2.75) is 234 Å². The number of hydrogen-bond acceptors (Lipinski definition) is 8. The molecule has 1 saturated heterocycles. The van der Waals surface area contributed by atoms with Crippen molar-refractivity contribution in [1.82, 2.24) is 0 Å². The molecule has 12 atom stereocenters. The first-order valence-corrected chi connectivity index (χ1v) is 24.2. The summed E-state index contributed by atoms with van der Waals surface area (Å²) in [6.45, 7) is 24.8. The Balaban J connectivity index is 2.43. The van der Waals surface area contributed by atoms with E-state index in [0.717, 1.165) is 48.3 Å². The van der Waals surface area contributed by atoms with Crippen LogP contribution < -0.4 is 0 Å². The standard InChI is InChI=1S/C49H98O8/c1-36(2)17-11-19-38(5)21-13-23-40(7)25-15-27-42(9)29-31-54-34-44(35-56-49-48(53)47(52)46(51)45(33-50)57-49)55-32-30-43(10)28-16-26-41(8)24-14-22-39(6)20-12-18-37(3)4/h36-53H,11-35H2,1-10H3/t38?,39?,40?,41?,42?,43?,44-,45-,46-,47+,48-,49-/m1/s1. The second-order valence-electron chi connectivity index (χ2n) is 20.2. The molecule has 57 heavy (non-hydrogen) atoms. The van der Waals surface area contributed by atoms with E-state index in [4.69, 9.17) is 18.9 Å². The summed E-state index contributed by atoms with van der Waals surface area (Å²) in [4.78, 5) is 0. The van der Waals surface area contributed by atoms with Crippen molar-refractivity contribution in [3.8, 4) is 0 Å². The van der Waals surface area contributed by atoms with Crippen molar-refractivity contribution in [3.63, 3.8) is 0 Å². The quantitative estimate of drug-likeness (QED) is 0.0458. The molecule has 6 unspecified atom stereocenters. The molecule has 0 aliphatic carbocycles. The van der Waals surface area contributed by atoms with Crippen LogP contribution >= 0.6 is 0 Å². The van der Waals surface area contributed by atoms with E-state index in [9.17, 15) is 20.4 Å². The molecule has 0 saturated carbocycles. The van der Waals surface area contributed by atoms with Gasteiger partial charge in [0, 0.05) is 13.2 Å². The van der Waals surface area contributed by atoms with Crippen molar-refractivity contribution in [1.29, 1.82) is 0 Å². The molecule has 1 fully saturated rings. The van der Waals surface area contributed by atoms with E-state index in [0.29, 0.717) is 31.7 Å². The summed E-state index contributed by atoms with van der Waals surface area (Å²) in [5.41, 5.74) is 0. The highest BCUT2D eigenvalue weighted by Crippen LogP contribution is 2.26. The normalized spacial score (nSPS) is 24.1. The van der Waals surface area contributed by atoms with E-state index in [2.05, 4.69) is 69.2 Å². The summed E-state index contributed by atoms with van der Waals surface area (Å²) >= 11 is 0. The maximum absolute atomic E-state index is 10.5. The number of aliphatic hydroxyl groups is 4. The van der Waals surface area contributed by atoms with Gasteiger partial charge in [0.05, 0.1) is 19.8 Å². The molecule has 342 valence electrons. The SMILES string of the molecule is CC(C)CCCC(C)CCCC(C)CCCC(C)CCOC[C@H](CO[C@@H]1O[C@H](CO)[C@@H](O)[C@H](O)[C@H]1O)OCCC(C)CCCC(C)CCCC(C)CCCC(C)C. The van der Waals surface area contributed by atoms with Crippen LogP contribution in [0.25, 0.3) is 0 Å². The number of ether oxygens (including phenoxy) is 4. The zero-order valence-corrected chi connectivity index (χ0v) is 39.2. The zero-order chi connectivity index (χ0) is 42.6. The molecule has 0 spiro atoms. The molecule has 4 N–H and O–H groups in total. The maximum Gasteiger partial charge on any atom is 0.186 e. The molecule has 1 rings (SSSR count). The Morgan fingerprint density at radius 2 is 0.807 bits per heavy atom. The summed E-state index contributed by atoms with van der Waals surface area (Å²) in [7, 11) is 0. The smallest absolute Gasteiger partial charge is 0.186 e. The van der Waals surface area contributed by atoms with E-state index in [1.54, 1.807) is 0 Å². The molecule has 0 radical (unpaired) electrons. The molecule has 0 aromatic carbocycles. The van der Waals surface area contributed by atoms with Gasteiger partial charge in [0.25, 0.3) is 0 Å². The summed E-state index contributed by atoms with van der Waals surface area (Å²) < 4.78 is 23.9. The Labute approximate surface area is 353 Å². The van der Waals surface area contributed by atoms with Crippen LogP contribution in [0.2, 0.25) is 0 Å². The Bertz CT molecular complexity index is 901. The third-order valence-electron chi connectivity index (χ3n) is 12.8. The van der Waals surface area contributed by atoms with Crippen molar-refractivity contribution >= 4 is 0 Å². The molecule has 0 bridgehead atoms. The van der Waals surface area contributed by atoms with Gasteiger partial charge in [-0.2, -0.15) is 0 Å². The molecular weight excluding hydrogens is 717 g/mol. The fourth-order valence-corrected chi connectivity index (χ4v) is 8.36. The lowest BCUT2D eigenvalue weighted by atomic mass is 9.91. The van der Waals surface area contributed by atoms with E-state index in [-0.39, 0.29) is 12.7 Å². The third kappa shape index (κ3) is 28.0. The third-order valence-corrected chi connectivity index (χ3v) is 12.8. The lowest BCUT2D eigenvalue weighted by Crippen LogP contribution is -2.59. The van der Waals surface area contributed by atoms with Crippen LogP contribution in [0.1, 0.15) is 198 Å². The summed E-state index contributed by atoms with van der Waals surface area (Å²) in [5.74, 6) is 6.04. The Hall–Kier alpha value is -0.320. The summed E-state index contributed by atoms with van der Waals surface area (Å²) in [5, 5.41) is 40.5. The molecule has 1 aliphatic rings. The summed E-state index contributed by atoms with van der Waals surface area (Å²) in [6.07, 6.45) is 18.9. The highest BCUT2D eigenvalue weighted by molar-refractivity contribution is 4.89. The van der Waals surface area contributed by atoms with Gasteiger partial charge in [-0.05, 0) is 60.2 Å². The van der Waals surface area contributed by atoms with E-state index in [1.165, 1.54) is 116 Å². The van der Waals surface area contributed by atoms with Crippen LogP contribution in [0.15, 0.2) is 0 Å². The molecule has 0 aromatic heterocycles. The van der Waals surface area contributed by atoms with Crippen molar-refractivity contribution < 1.29 is 39.4 Å². The minimum atomic E-state index is -1.47. The van der Waals surface area contributed by atoms with Crippen LogP contribution in [0.4, 0.5) is 0 Å². The average molecular weight is 815 g/mol. The molecule has 8 heteroatoms. The van der Waals surface area contributed by atoms with Crippen LogP contribution in [0.5, 0.6) is 0 Å². The van der Waals surface area contributed by atoms with Crippen molar-refractivity contribution in [2.24, 2.45) is 47.3 Å². The first kappa shape index (κ1) is 54.7. The zero-order valence-electron chi connectivity index (χ0n) is 39.2. The number of hydrogen-bond donors (Lipinski definition) is 4. The molecular formula is C49H98O8. The second-order valence-corrected chi connectivity index (χ2v) is 20.2. The Morgan fingerprint density at radius 1 is 0.439 bits per heavy atom. The minimum Gasteiger partial charge on any atom is -0.394 e. The second kappa shape index (κ2) is 33.3. The lowest BCUT2D eigenvalue weighted by molar-refractivity contribution is -0.306. The maximum atomic E-state index is 10.5. The van der Waals surface area contributed by atoms with Crippen LogP contribution in [-0.2, 0) is 18.9 Å². The highest BCUT2D eigenvalue weighted by Gasteiger charge is 2.44. The highest BCUT2D eigenvalue weighted by atomic mass is 16.7. The van der Waals surface area contributed by atoms with Gasteiger partial charge in [-0.15, -0.1) is 0 Å². The molecule has 1 heterocycles. The van der Waals surface area contributed by atoms with Gasteiger partial charge in [0.1, 0.15) is 30.5 Å². The number of aliphatic hydroxyl groups excluding tert-OH is 4. The summed E-state index contributed by atoms with van der Waals surface area (Å²) in [6, 6.07) is 0. The minimum absolute atomic E-state index is 0.106. The Kier molecular flexibility index (Phi) is 32.0. The molecule has 1 aliphatic heterocycles. The van der Waals surface area contributed by atoms with E-state index < -0.39 is 37.3 Å². The molecule has 8 nitrogen and oxygen atoms in total. The molecule has 0 aromatic rings. The van der Waals surface area contributed by atoms with E-state index in [1.807, 2.05) is 0 Å².